The van der Waals surface area contributed by atoms with Crippen LogP contribution in [0.3, 0.4) is 0 Å². The highest BCUT2D eigenvalue weighted by Gasteiger charge is 2.55. The van der Waals surface area contributed by atoms with Crippen molar-refractivity contribution in [2.75, 3.05) is 16.6 Å². The van der Waals surface area contributed by atoms with E-state index >= 15 is 0 Å². The monoisotopic (exact) mass is 682 g/mol. The van der Waals surface area contributed by atoms with Crippen molar-refractivity contribution in [2.24, 2.45) is 0 Å². The van der Waals surface area contributed by atoms with Crippen LogP contribution in [0.1, 0.15) is 23.7 Å². The molecule has 2 unspecified atom stereocenters. The second-order valence-corrected chi connectivity index (χ2v) is 16.6. The summed E-state index contributed by atoms with van der Waals surface area (Å²) in [6, 6.07) is 3.96. The average molecular weight is 683 g/mol. The van der Waals surface area contributed by atoms with Crippen LogP contribution in [0.25, 0.3) is 0 Å². The lowest BCUT2D eigenvalue weighted by molar-refractivity contribution is -0.133. The van der Waals surface area contributed by atoms with Crippen LogP contribution in [0.2, 0.25) is 0 Å². The van der Waals surface area contributed by atoms with Gasteiger partial charge < -0.3 is 13.5 Å². The van der Waals surface area contributed by atoms with Gasteiger partial charge in [0, 0.05) is 5.57 Å². The van der Waals surface area contributed by atoms with Crippen molar-refractivity contribution >= 4 is 68.3 Å². The van der Waals surface area contributed by atoms with Gasteiger partial charge in [-0.25, -0.2) is 26.4 Å². The molecule has 0 radical (unpaired) electrons. The first-order valence-corrected chi connectivity index (χ1v) is 17.3. The maximum Gasteiger partial charge on any atom is 0.440 e. The van der Waals surface area contributed by atoms with Gasteiger partial charge in [-0.15, -0.1) is 0 Å². The Morgan fingerprint density at radius 3 is 1.95 bits per heavy atom. The van der Waals surface area contributed by atoms with E-state index in [4.69, 9.17) is 4.55 Å². The summed E-state index contributed by atoms with van der Waals surface area (Å²) in [6.07, 6.45) is -0.886. The van der Waals surface area contributed by atoms with Crippen molar-refractivity contribution in [1.82, 2.24) is 0 Å². The van der Waals surface area contributed by atoms with Crippen LogP contribution >= 0.6 is 0 Å². The number of carbonyl (C=O) groups is 2. The van der Waals surface area contributed by atoms with Crippen molar-refractivity contribution in [3.8, 4) is 5.75 Å². The highest BCUT2D eigenvalue weighted by Crippen LogP contribution is 2.31. The molecule has 0 amide bonds. The molecule has 0 saturated carbocycles. The number of carbonyl (C=O) groups excluding carboxylic acids is 2. The van der Waals surface area contributed by atoms with Gasteiger partial charge in [-0.05, 0) is 37.6 Å². The lowest BCUT2D eigenvalue weighted by Gasteiger charge is -2.17. The molecule has 40 heavy (non-hydrogen) atoms. The van der Waals surface area contributed by atoms with Gasteiger partial charge in [-0.3, -0.25) is 0 Å². The molecular formula is C17H18F4O14S5. The normalized spacial score (nSPS) is 14.9. The van der Waals surface area contributed by atoms with Gasteiger partial charge in [0.1, 0.15) is 5.75 Å². The topological polar surface area (TPSA) is 219 Å². The van der Waals surface area contributed by atoms with Crippen LogP contribution in [0.5, 0.6) is 5.75 Å². The molecule has 0 aliphatic heterocycles. The Morgan fingerprint density at radius 1 is 0.975 bits per heavy atom. The molecule has 0 aliphatic rings. The fourth-order valence-electron chi connectivity index (χ4n) is 2.21. The Bertz CT molecular complexity index is 1640. The molecule has 1 aromatic carbocycles. The number of sulfone groups is 1. The standard InChI is InChI=1S/C17H18F4O14S5/c1-11(2)14(22)33-15(23)12-4-6-13(7-5-12)34-38(28,29)9-3-8-37(26,27)10-39(30,31)35-40(32,16(18)19)17(20,21)36(24)25/h4-7H,1,3,8-10H2,2H3,(H,24,25). The molecule has 0 heterocycles. The average Bonchev–Trinajstić information content (AvgIpc) is 2.77. The molecule has 1 aromatic rings. The second kappa shape index (κ2) is 13.0. The first kappa shape index (κ1) is 35.6. The minimum Gasteiger partial charge on any atom is -0.386 e. The van der Waals surface area contributed by atoms with E-state index in [0.29, 0.717) is 0 Å². The number of halogens is 4. The van der Waals surface area contributed by atoms with Gasteiger partial charge in [-0.2, -0.15) is 38.0 Å². The van der Waals surface area contributed by atoms with Gasteiger partial charge in [-0.1, -0.05) is 6.58 Å². The number of ether oxygens (including phenoxy) is 1. The molecule has 0 aromatic heterocycles. The summed E-state index contributed by atoms with van der Waals surface area (Å²) < 4.78 is 161. The van der Waals surface area contributed by atoms with E-state index < -0.39 is 95.9 Å². The SMILES string of the molecule is C=C(C)C(=O)OC(=O)c1ccc(OS(=O)(=O)CCCS(=O)(=O)CS(=O)(=O)OS(=O)(=C(F)F)C(F)(F)S(=O)O)cc1. The zero-order chi connectivity index (χ0) is 31.3. The molecule has 0 fully saturated rings. The molecule has 2 atom stereocenters. The largest absolute Gasteiger partial charge is 0.440 e. The van der Waals surface area contributed by atoms with Crippen molar-refractivity contribution < 1.29 is 77.9 Å². The van der Waals surface area contributed by atoms with E-state index in [0.717, 1.165) is 24.3 Å². The number of hydrogen-bond acceptors (Lipinski definition) is 13. The van der Waals surface area contributed by atoms with E-state index in [1.807, 2.05) is 0 Å². The number of benzene rings is 1. The highest BCUT2D eigenvalue weighted by molar-refractivity contribution is 8.15. The summed E-state index contributed by atoms with van der Waals surface area (Å²) in [4.78, 5) is 23.2. The summed E-state index contributed by atoms with van der Waals surface area (Å²) in [5, 5.41) is -6.25. The minimum atomic E-state index is -6.83. The van der Waals surface area contributed by atoms with Crippen LogP contribution in [0, 0.1) is 0 Å². The molecule has 0 spiro atoms. The molecular weight excluding hydrogens is 665 g/mol. The van der Waals surface area contributed by atoms with Gasteiger partial charge in [0.05, 0.1) is 17.1 Å². The zero-order valence-electron chi connectivity index (χ0n) is 19.7. The van der Waals surface area contributed by atoms with E-state index in [1.165, 1.54) is 6.92 Å². The highest BCUT2D eigenvalue weighted by atomic mass is 32.3. The van der Waals surface area contributed by atoms with E-state index in [-0.39, 0.29) is 16.9 Å². The lowest BCUT2D eigenvalue weighted by Crippen LogP contribution is -2.39. The Kier molecular flexibility index (Phi) is 11.6. The van der Waals surface area contributed by atoms with Crippen LogP contribution < -0.4 is 4.18 Å². The van der Waals surface area contributed by atoms with Crippen molar-refractivity contribution in [3.05, 3.63) is 42.0 Å². The predicted octanol–water partition coefficient (Wildman–Crippen LogP) is 0.761. The van der Waals surface area contributed by atoms with Crippen LogP contribution in [-0.2, 0) is 64.1 Å². The van der Waals surface area contributed by atoms with Gasteiger partial charge >= 0.3 is 32.0 Å². The molecule has 228 valence electrons. The first-order valence-electron chi connectivity index (χ1n) is 9.73. The number of rotatable bonds is 14. The van der Waals surface area contributed by atoms with Gasteiger partial charge in [0.15, 0.2) is 14.9 Å². The third kappa shape index (κ3) is 9.88. The Hall–Kier alpha value is -2.44. The number of esters is 2. The predicted molar refractivity (Wildman–Crippen MR) is 130 cm³/mol. The number of alkyl halides is 2. The third-order valence-corrected chi connectivity index (χ3v) is 12.8. The zero-order valence-corrected chi connectivity index (χ0v) is 23.7. The third-order valence-electron chi connectivity index (χ3n) is 3.94. The Balaban J connectivity index is 2.86. The van der Waals surface area contributed by atoms with Gasteiger partial charge in [0.25, 0.3) is 10.1 Å². The van der Waals surface area contributed by atoms with Crippen molar-refractivity contribution in [3.63, 3.8) is 0 Å². The summed E-state index contributed by atoms with van der Waals surface area (Å²) in [5.74, 6) is -4.89. The summed E-state index contributed by atoms with van der Waals surface area (Å²) in [5.41, 5.74) is -0.259. The van der Waals surface area contributed by atoms with E-state index in [1.54, 1.807) is 0 Å². The summed E-state index contributed by atoms with van der Waals surface area (Å²) in [7, 11) is -22.4. The fraction of sp³-hybridized carbons (Fsp3) is 0.353. The first-order chi connectivity index (χ1) is 17.9. The van der Waals surface area contributed by atoms with Crippen LogP contribution in [0.15, 0.2) is 36.4 Å². The van der Waals surface area contributed by atoms with Crippen molar-refractivity contribution in [1.29, 1.82) is 0 Å². The maximum atomic E-state index is 13.5. The lowest BCUT2D eigenvalue weighted by atomic mass is 10.2. The molecule has 14 nitrogen and oxygen atoms in total. The summed E-state index contributed by atoms with van der Waals surface area (Å²) >= 11 is -4.63. The maximum absolute atomic E-state index is 13.5. The summed E-state index contributed by atoms with van der Waals surface area (Å²) in [6.45, 7) is 4.56. The van der Waals surface area contributed by atoms with Crippen LogP contribution in [-0.4, -0.2) is 76.7 Å². The molecule has 1 rings (SSSR count). The minimum absolute atomic E-state index is 0.0701. The molecule has 0 saturated heterocycles. The Morgan fingerprint density at radius 2 is 1.50 bits per heavy atom. The smallest absolute Gasteiger partial charge is 0.386 e. The quantitative estimate of drug-likeness (QED) is 0.0419. The van der Waals surface area contributed by atoms with Crippen LogP contribution in [0.4, 0.5) is 17.6 Å². The second-order valence-electron chi connectivity index (χ2n) is 7.31. The van der Waals surface area contributed by atoms with E-state index in [2.05, 4.69) is 19.1 Å². The van der Waals surface area contributed by atoms with Crippen molar-refractivity contribution in [2.45, 2.75) is 17.9 Å². The molecule has 0 aliphatic carbocycles. The Labute approximate surface area is 228 Å². The number of hydrogen-bond donors (Lipinski definition) is 1. The molecule has 1 N–H and O–H groups in total. The molecule has 23 heteroatoms. The van der Waals surface area contributed by atoms with E-state index in [9.17, 15) is 60.8 Å². The van der Waals surface area contributed by atoms with Gasteiger partial charge in [0.2, 0.25) is 20.9 Å². The molecule has 0 bridgehead atoms. The fourth-order valence-corrected chi connectivity index (χ4v) is 9.77.